The number of hydrogen-bond acceptors (Lipinski definition) is 7. The van der Waals surface area contributed by atoms with Gasteiger partial charge in [0.05, 0.1) is 12.6 Å². The first kappa shape index (κ1) is 24.4. The summed E-state index contributed by atoms with van der Waals surface area (Å²) in [5, 5.41) is 7.55. The third-order valence-corrected chi connectivity index (χ3v) is 4.35. The van der Waals surface area contributed by atoms with Crippen LogP contribution in [-0.4, -0.2) is 58.9 Å². The molecule has 0 aromatic heterocycles. The van der Waals surface area contributed by atoms with Gasteiger partial charge in [-0.3, -0.25) is 9.59 Å². The van der Waals surface area contributed by atoms with Crippen LogP contribution in [0.3, 0.4) is 0 Å². The Morgan fingerprint density at radius 2 is 1.79 bits per heavy atom. The third kappa shape index (κ3) is 6.72. The summed E-state index contributed by atoms with van der Waals surface area (Å²) in [5.41, 5.74) is 4.69. The van der Waals surface area contributed by atoms with Gasteiger partial charge >= 0.3 is 12.1 Å². The standard InChI is InChI=1S/C19H32N4O6/c1-7-11(8-2)16(25)23-14(15(20)24)12(21-18(27)29-19(4,5)6)10-13(22-23)17(26)28-9-3/h11-12,14H,7-10H2,1-6H3,(H2,20,24)(H,21,27). The molecule has 10 heteroatoms. The number of esters is 1. The smallest absolute Gasteiger partial charge is 0.407 e. The Bertz CT molecular complexity index is 666. The summed E-state index contributed by atoms with van der Waals surface area (Å²) in [5.74, 6) is -2.44. The fourth-order valence-electron chi connectivity index (χ4n) is 2.98. The molecule has 0 aromatic carbocycles. The topological polar surface area (TPSA) is 140 Å². The molecule has 0 spiro atoms. The molecule has 1 aliphatic heterocycles. The van der Waals surface area contributed by atoms with E-state index in [1.54, 1.807) is 27.7 Å². The van der Waals surface area contributed by atoms with Gasteiger partial charge in [0.2, 0.25) is 11.8 Å². The molecule has 0 aliphatic carbocycles. The van der Waals surface area contributed by atoms with E-state index in [1.165, 1.54) is 0 Å². The Hall–Kier alpha value is -2.65. The zero-order valence-electron chi connectivity index (χ0n) is 18.0. The maximum absolute atomic E-state index is 13.0. The van der Waals surface area contributed by atoms with E-state index in [1.807, 2.05) is 13.8 Å². The summed E-state index contributed by atoms with van der Waals surface area (Å²) < 4.78 is 10.2. The lowest BCUT2D eigenvalue weighted by Gasteiger charge is -2.37. The molecule has 0 saturated carbocycles. The van der Waals surface area contributed by atoms with Gasteiger partial charge in [0.15, 0.2) is 6.04 Å². The van der Waals surface area contributed by atoms with Crippen LogP contribution in [0.25, 0.3) is 0 Å². The number of nitrogens with zero attached hydrogens (tertiary/aromatic N) is 2. The molecule has 29 heavy (non-hydrogen) atoms. The number of alkyl carbamates (subject to hydrolysis) is 1. The van der Waals surface area contributed by atoms with Gasteiger partial charge in [-0.25, -0.2) is 14.6 Å². The molecule has 1 aliphatic rings. The molecule has 0 bridgehead atoms. The number of carbonyl (C=O) groups is 4. The molecule has 0 radical (unpaired) electrons. The molecule has 3 N–H and O–H groups in total. The second kappa shape index (κ2) is 10.2. The Morgan fingerprint density at radius 1 is 1.21 bits per heavy atom. The highest BCUT2D eigenvalue weighted by Crippen LogP contribution is 2.23. The zero-order valence-corrected chi connectivity index (χ0v) is 18.0. The van der Waals surface area contributed by atoms with Crippen LogP contribution in [-0.2, 0) is 23.9 Å². The SMILES string of the molecule is CCOC(=O)C1=NN(C(=O)C(CC)CC)C(C(N)=O)C(NC(=O)OC(C)(C)C)C1. The molecule has 0 fully saturated rings. The van der Waals surface area contributed by atoms with Gasteiger partial charge in [-0.15, -0.1) is 0 Å². The third-order valence-electron chi connectivity index (χ3n) is 4.35. The highest BCUT2D eigenvalue weighted by molar-refractivity contribution is 6.37. The summed E-state index contributed by atoms with van der Waals surface area (Å²) >= 11 is 0. The molecular formula is C19H32N4O6. The van der Waals surface area contributed by atoms with E-state index >= 15 is 0 Å². The van der Waals surface area contributed by atoms with Crippen LogP contribution in [0.15, 0.2) is 5.10 Å². The average Bonchev–Trinajstić information content (AvgIpc) is 2.60. The molecule has 10 nitrogen and oxygen atoms in total. The molecule has 3 amide bonds. The predicted octanol–water partition coefficient (Wildman–Crippen LogP) is 1.32. The number of nitrogens with one attached hydrogen (secondary N) is 1. The largest absolute Gasteiger partial charge is 0.461 e. The zero-order chi connectivity index (χ0) is 22.4. The highest BCUT2D eigenvalue weighted by Gasteiger charge is 2.44. The van der Waals surface area contributed by atoms with Crippen molar-refractivity contribution in [1.29, 1.82) is 0 Å². The molecule has 164 valence electrons. The number of hydrazone groups is 1. The lowest BCUT2D eigenvalue weighted by atomic mass is 9.95. The average molecular weight is 412 g/mol. The minimum Gasteiger partial charge on any atom is -0.461 e. The first-order valence-electron chi connectivity index (χ1n) is 9.81. The number of ether oxygens (including phenoxy) is 2. The van der Waals surface area contributed by atoms with Crippen molar-refractivity contribution in [2.75, 3.05) is 6.61 Å². The first-order chi connectivity index (χ1) is 13.4. The van der Waals surface area contributed by atoms with Gasteiger partial charge in [-0.05, 0) is 40.5 Å². The molecule has 1 rings (SSSR count). The van der Waals surface area contributed by atoms with Crippen molar-refractivity contribution in [3.63, 3.8) is 0 Å². The van der Waals surface area contributed by atoms with Gasteiger partial charge in [-0.1, -0.05) is 13.8 Å². The second-order valence-corrected chi connectivity index (χ2v) is 7.77. The van der Waals surface area contributed by atoms with Crippen molar-refractivity contribution in [2.24, 2.45) is 16.8 Å². The van der Waals surface area contributed by atoms with Gasteiger partial charge in [-0.2, -0.15) is 5.10 Å². The number of amides is 3. The lowest BCUT2D eigenvalue weighted by molar-refractivity contribution is -0.145. The molecule has 2 unspecified atom stereocenters. The van der Waals surface area contributed by atoms with Crippen LogP contribution in [0, 0.1) is 5.92 Å². The maximum atomic E-state index is 13.0. The van der Waals surface area contributed by atoms with Crippen LogP contribution < -0.4 is 11.1 Å². The number of carbonyl (C=O) groups excluding carboxylic acids is 4. The Labute approximate surface area is 171 Å². The Kier molecular flexibility index (Phi) is 8.59. The van der Waals surface area contributed by atoms with Crippen molar-refractivity contribution in [1.82, 2.24) is 10.3 Å². The molecule has 0 saturated heterocycles. The summed E-state index contributed by atoms with van der Waals surface area (Å²) in [6, 6.07) is -2.24. The van der Waals surface area contributed by atoms with Gasteiger partial charge in [0.1, 0.15) is 11.3 Å². The quantitative estimate of drug-likeness (QED) is 0.604. The van der Waals surface area contributed by atoms with E-state index in [9.17, 15) is 19.2 Å². The van der Waals surface area contributed by atoms with E-state index in [4.69, 9.17) is 15.2 Å². The summed E-state index contributed by atoms with van der Waals surface area (Å²) in [6.45, 7) is 10.5. The van der Waals surface area contributed by atoms with Crippen molar-refractivity contribution in [3.8, 4) is 0 Å². The number of hydrogen-bond donors (Lipinski definition) is 2. The summed E-state index contributed by atoms with van der Waals surface area (Å²) in [4.78, 5) is 49.7. The van der Waals surface area contributed by atoms with E-state index in [2.05, 4.69) is 10.4 Å². The molecule has 0 aromatic rings. The van der Waals surface area contributed by atoms with Gasteiger partial charge in [0.25, 0.3) is 0 Å². The number of primary amides is 1. The molecule has 2 atom stereocenters. The lowest BCUT2D eigenvalue weighted by Crippen LogP contribution is -2.62. The fourth-order valence-corrected chi connectivity index (χ4v) is 2.98. The predicted molar refractivity (Wildman–Crippen MR) is 106 cm³/mol. The van der Waals surface area contributed by atoms with Crippen LogP contribution in [0.5, 0.6) is 0 Å². The summed E-state index contributed by atoms with van der Waals surface area (Å²) in [7, 11) is 0. The van der Waals surface area contributed by atoms with E-state index in [0.29, 0.717) is 12.8 Å². The highest BCUT2D eigenvalue weighted by atomic mass is 16.6. The minimum atomic E-state index is -1.26. The normalized spacial score (nSPS) is 19.4. The minimum absolute atomic E-state index is 0.0790. The maximum Gasteiger partial charge on any atom is 0.407 e. The van der Waals surface area contributed by atoms with Crippen molar-refractivity contribution in [2.45, 2.75) is 78.5 Å². The Balaban J connectivity index is 3.31. The number of nitrogens with two attached hydrogens (primary N) is 1. The van der Waals surface area contributed by atoms with E-state index in [-0.39, 0.29) is 18.7 Å². The molecular weight excluding hydrogens is 380 g/mol. The van der Waals surface area contributed by atoms with Gasteiger partial charge in [0, 0.05) is 12.3 Å². The van der Waals surface area contributed by atoms with Crippen LogP contribution in [0.2, 0.25) is 0 Å². The van der Waals surface area contributed by atoms with Crippen LogP contribution >= 0.6 is 0 Å². The van der Waals surface area contributed by atoms with E-state index in [0.717, 1.165) is 5.01 Å². The first-order valence-corrected chi connectivity index (χ1v) is 9.81. The Morgan fingerprint density at radius 3 is 2.24 bits per heavy atom. The molecule has 1 heterocycles. The fraction of sp³-hybridized carbons (Fsp3) is 0.737. The number of rotatable bonds is 7. The van der Waals surface area contributed by atoms with Crippen molar-refractivity contribution < 1.29 is 28.7 Å². The van der Waals surface area contributed by atoms with Gasteiger partial charge < -0.3 is 20.5 Å². The van der Waals surface area contributed by atoms with Crippen LogP contribution in [0.4, 0.5) is 4.79 Å². The van der Waals surface area contributed by atoms with Crippen molar-refractivity contribution in [3.05, 3.63) is 0 Å². The monoisotopic (exact) mass is 412 g/mol. The van der Waals surface area contributed by atoms with E-state index < -0.39 is 47.5 Å². The second-order valence-electron chi connectivity index (χ2n) is 7.77. The van der Waals surface area contributed by atoms with Crippen LogP contribution in [0.1, 0.15) is 60.8 Å². The summed E-state index contributed by atoms with van der Waals surface area (Å²) in [6.07, 6.45) is 0.115. The van der Waals surface area contributed by atoms with Crippen molar-refractivity contribution >= 4 is 29.6 Å².